The molecule has 0 fully saturated rings. The summed E-state index contributed by atoms with van der Waals surface area (Å²) in [5.41, 5.74) is 5.98. The van der Waals surface area contributed by atoms with Crippen molar-refractivity contribution in [3.8, 4) is 0 Å². The van der Waals surface area contributed by atoms with Crippen LogP contribution in [0.15, 0.2) is 39.8 Å². The number of thioether (sulfide) groups is 1. The van der Waals surface area contributed by atoms with E-state index in [1.165, 1.54) is 6.20 Å². The van der Waals surface area contributed by atoms with Crippen molar-refractivity contribution >= 4 is 39.5 Å². The van der Waals surface area contributed by atoms with Crippen LogP contribution in [0.3, 0.4) is 0 Å². The van der Waals surface area contributed by atoms with Crippen molar-refractivity contribution in [1.82, 2.24) is 9.97 Å². The van der Waals surface area contributed by atoms with Gasteiger partial charge >= 0.3 is 5.97 Å². The Morgan fingerprint density at radius 3 is 2.71 bits per heavy atom. The van der Waals surface area contributed by atoms with Gasteiger partial charge in [0.15, 0.2) is 0 Å². The highest BCUT2D eigenvalue weighted by Gasteiger charge is 2.13. The lowest BCUT2D eigenvalue weighted by Crippen LogP contribution is -2.11. The van der Waals surface area contributed by atoms with Crippen LogP contribution in [0.4, 0.5) is 5.82 Å². The third-order valence-electron chi connectivity index (χ3n) is 2.55. The Labute approximate surface area is 135 Å². The molecule has 1 heterocycles. The summed E-state index contributed by atoms with van der Waals surface area (Å²) in [6.07, 6.45) is 1.41. The monoisotopic (exact) mass is 367 g/mol. The van der Waals surface area contributed by atoms with Crippen molar-refractivity contribution in [2.45, 2.75) is 17.6 Å². The lowest BCUT2D eigenvalue weighted by molar-refractivity contribution is 0.0526. The Bertz CT molecular complexity index is 635. The van der Waals surface area contributed by atoms with Crippen LogP contribution < -0.4 is 5.73 Å². The molecule has 2 rings (SSSR count). The maximum absolute atomic E-state index is 11.6. The highest BCUT2D eigenvalue weighted by atomic mass is 79.9. The van der Waals surface area contributed by atoms with Gasteiger partial charge in [-0.05, 0) is 31.2 Å². The zero-order chi connectivity index (χ0) is 15.2. The largest absolute Gasteiger partial charge is 0.462 e. The molecule has 0 unspecified atom stereocenters. The molecule has 0 saturated heterocycles. The molecule has 1 aromatic carbocycles. The number of nitrogens with two attached hydrogens (primary N) is 1. The fraction of sp³-hybridized carbons (Fsp3) is 0.214. The van der Waals surface area contributed by atoms with Gasteiger partial charge in [0.1, 0.15) is 17.2 Å². The molecule has 0 saturated carbocycles. The molecule has 7 heteroatoms. The van der Waals surface area contributed by atoms with Crippen LogP contribution in [0, 0.1) is 0 Å². The summed E-state index contributed by atoms with van der Waals surface area (Å²) in [5, 5.41) is 0. The minimum atomic E-state index is -0.498. The number of carbonyl (C=O) groups is 1. The number of carbonyl (C=O) groups excluding carboxylic acids is 1. The summed E-state index contributed by atoms with van der Waals surface area (Å²) in [6, 6.07) is 7.96. The van der Waals surface area contributed by atoms with E-state index in [4.69, 9.17) is 10.5 Å². The number of ether oxygens (including phenoxy) is 1. The Morgan fingerprint density at radius 2 is 2.10 bits per heavy atom. The van der Waals surface area contributed by atoms with E-state index < -0.39 is 5.97 Å². The topological polar surface area (TPSA) is 78.1 Å². The summed E-state index contributed by atoms with van der Waals surface area (Å²) in [7, 11) is 0. The van der Waals surface area contributed by atoms with E-state index in [0.717, 1.165) is 9.37 Å². The average Bonchev–Trinajstić information content (AvgIpc) is 2.47. The first-order valence-corrected chi connectivity index (χ1v) is 8.05. The van der Waals surface area contributed by atoms with E-state index >= 15 is 0 Å². The van der Waals surface area contributed by atoms with Crippen LogP contribution in [0.5, 0.6) is 0 Å². The Morgan fingerprint density at radius 1 is 1.38 bits per heavy atom. The van der Waals surface area contributed by atoms with Gasteiger partial charge in [0, 0.05) is 15.6 Å². The number of nitrogen functional groups attached to an aromatic ring is 1. The van der Waals surface area contributed by atoms with E-state index in [-0.39, 0.29) is 11.4 Å². The van der Waals surface area contributed by atoms with Gasteiger partial charge in [-0.15, -0.1) is 11.8 Å². The minimum absolute atomic E-state index is 0.148. The van der Waals surface area contributed by atoms with Crippen LogP contribution in [0.2, 0.25) is 0 Å². The summed E-state index contributed by atoms with van der Waals surface area (Å²) >= 11 is 4.99. The molecular formula is C14H14BrN3O2S. The molecule has 0 aliphatic heterocycles. The van der Waals surface area contributed by atoms with Crippen LogP contribution in [-0.4, -0.2) is 22.5 Å². The highest BCUT2D eigenvalue weighted by Crippen LogP contribution is 2.23. The van der Waals surface area contributed by atoms with Crippen LogP contribution in [-0.2, 0) is 10.5 Å². The summed E-state index contributed by atoms with van der Waals surface area (Å²) in [5.74, 6) is 0.806. The number of benzene rings is 1. The number of rotatable bonds is 5. The Balaban J connectivity index is 2.03. The molecule has 0 atom stereocenters. The predicted molar refractivity (Wildman–Crippen MR) is 86.1 cm³/mol. The smallest absolute Gasteiger partial charge is 0.343 e. The SMILES string of the molecule is CCOC(=O)c1cnc(CSc2ccc(Br)cc2)nc1N. The van der Waals surface area contributed by atoms with Gasteiger partial charge in [-0.1, -0.05) is 15.9 Å². The van der Waals surface area contributed by atoms with Gasteiger partial charge < -0.3 is 10.5 Å². The molecule has 0 aliphatic carbocycles. The number of aromatic nitrogens is 2. The lowest BCUT2D eigenvalue weighted by atomic mass is 10.3. The molecule has 2 aromatic rings. The van der Waals surface area contributed by atoms with Gasteiger partial charge in [0.2, 0.25) is 0 Å². The first-order valence-electron chi connectivity index (χ1n) is 6.27. The Hall–Kier alpha value is -1.60. The second-order valence-electron chi connectivity index (χ2n) is 4.05. The van der Waals surface area contributed by atoms with E-state index in [1.54, 1.807) is 18.7 Å². The number of hydrogen-bond acceptors (Lipinski definition) is 6. The van der Waals surface area contributed by atoms with Crippen molar-refractivity contribution < 1.29 is 9.53 Å². The quantitative estimate of drug-likeness (QED) is 0.645. The number of nitrogens with zero attached hydrogens (tertiary/aromatic N) is 2. The van der Waals surface area contributed by atoms with Crippen LogP contribution in [0.1, 0.15) is 23.1 Å². The van der Waals surface area contributed by atoms with E-state index in [1.807, 2.05) is 24.3 Å². The first-order chi connectivity index (χ1) is 10.1. The maximum Gasteiger partial charge on any atom is 0.343 e. The third kappa shape index (κ3) is 4.44. The van der Waals surface area contributed by atoms with Gasteiger partial charge in [0.05, 0.1) is 12.4 Å². The predicted octanol–water partition coefficient (Wildman–Crippen LogP) is 3.29. The molecule has 0 radical (unpaired) electrons. The zero-order valence-electron chi connectivity index (χ0n) is 11.4. The van der Waals surface area contributed by atoms with Crippen molar-refractivity contribution in [2.75, 3.05) is 12.3 Å². The molecule has 21 heavy (non-hydrogen) atoms. The number of anilines is 1. The van der Waals surface area contributed by atoms with Crippen LogP contribution >= 0.6 is 27.7 Å². The molecule has 0 bridgehead atoms. The Kier molecular flexibility index (Phi) is 5.58. The summed E-state index contributed by atoms with van der Waals surface area (Å²) in [4.78, 5) is 21.0. The standard InChI is InChI=1S/C14H14BrN3O2S/c1-2-20-14(19)11-7-17-12(18-13(11)16)8-21-10-5-3-9(15)4-6-10/h3-7H,2,8H2,1H3,(H2,16,17,18). The highest BCUT2D eigenvalue weighted by molar-refractivity contribution is 9.10. The third-order valence-corrected chi connectivity index (χ3v) is 4.08. The van der Waals surface area contributed by atoms with E-state index in [0.29, 0.717) is 18.2 Å². The summed E-state index contributed by atoms with van der Waals surface area (Å²) < 4.78 is 5.91. The molecule has 2 N–H and O–H groups in total. The van der Waals surface area contributed by atoms with E-state index in [9.17, 15) is 4.79 Å². The zero-order valence-corrected chi connectivity index (χ0v) is 13.8. The molecule has 5 nitrogen and oxygen atoms in total. The fourth-order valence-corrected chi connectivity index (χ4v) is 2.58. The van der Waals surface area contributed by atoms with Crippen molar-refractivity contribution in [1.29, 1.82) is 0 Å². The molecular weight excluding hydrogens is 354 g/mol. The lowest BCUT2D eigenvalue weighted by Gasteiger charge is -2.06. The van der Waals surface area contributed by atoms with Crippen molar-refractivity contribution in [3.63, 3.8) is 0 Å². The maximum atomic E-state index is 11.6. The van der Waals surface area contributed by atoms with Crippen molar-refractivity contribution in [3.05, 3.63) is 46.3 Å². The molecule has 0 aliphatic rings. The van der Waals surface area contributed by atoms with Crippen molar-refractivity contribution in [2.24, 2.45) is 0 Å². The first kappa shape index (κ1) is 15.8. The fourth-order valence-electron chi connectivity index (χ4n) is 1.55. The van der Waals surface area contributed by atoms with Gasteiger partial charge in [-0.2, -0.15) is 0 Å². The normalized spacial score (nSPS) is 10.4. The number of hydrogen-bond donors (Lipinski definition) is 1. The minimum Gasteiger partial charge on any atom is -0.462 e. The number of esters is 1. The molecule has 110 valence electrons. The number of halogens is 1. The summed E-state index contributed by atoms with van der Waals surface area (Å²) in [6.45, 7) is 2.03. The second kappa shape index (κ2) is 7.42. The van der Waals surface area contributed by atoms with Gasteiger partial charge in [-0.25, -0.2) is 14.8 Å². The van der Waals surface area contributed by atoms with Crippen LogP contribution in [0.25, 0.3) is 0 Å². The second-order valence-corrected chi connectivity index (χ2v) is 6.01. The molecule has 0 amide bonds. The van der Waals surface area contributed by atoms with E-state index in [2.05, 4.69) is 25.9 Å². The molecule has 0 spiro atoms. The van der Waals surface area contributed by atoms with Gasteiger partial charge in [0.25, 0.3) is 0 Å². The van der Waals surface area contributed by atoms with Gasteiger partial charge in [-0.3, -0.25) is 0 Å². The average molecular weight is 368 g/mol. The molecule has 1 aromatic heterocycles.